The zero-order valence-corrected chi connectivity index (χ0v) is 16.3. The lowest BCUT2D eigenvalue weighted by Gasteiger charge is -2.20. The smallest absolute Gasteiger partial charge is 0.261 e. The van der Waals surface area contributed by atoms with E-state index in [9.17, 15) is 4.79 Å². The van der Waals surface area contributed by atoms with Crippen molar-refractivity contribution in [1.29, 1.82) is 0 Å². The lowest BCUT2D eigenvalue weighted by molar-refractivity contribution is 0.206. The van der Waals surface area contributed by atoms with Crippen LogP contribution in [0.4, 0.5) is 5.69 Å². The summed E-state index contributed by atoms with van der Waals surface area (Å²) < 4.78 is 6.93. The Hall–Kier alpha value is -2.66. The van der Waals surface area contributed by atoms with Crippen molar-refractivity contribution in [2.45, 2.75) is 25.8 Å². The van der Waals surface area contributed by atoms with E-state index in [1.807, 2.05) is 43.4 Å². The molecule has 1 heterocycles. The Kier molecular flexibility index (Phi) is 6.24. The number of nitrogens with zero attached hydrogens (tertiary/aromatic N) is 3. The first-order valence-electron chi connectivity index (χ1n) is 9.39. The SMILES string of the molecule is CCC(Cc1ccccc1)n1cnc2ccc(N(C)CCOC)cc2c1=O. The van der Waals surface area contributed by atoms with Crippen LogP contribution in [0, 0.1) is 0 Å². The Morgan fingerprint density at radius 2 is 1.96 bits per heavy atom. The standard InChI is InChI=1S/C22H27N3O2/c1-4-18(14-17-8-6-5-7-9-17)25-16-23-21-11-10-19(15-20(21)22(25)26)24(2)12-13-27-3/h5-11,15-16,18H,4,12-14H2,1-3H3. The van der Waals surface area contributed by atoms with E-state index in [2.05, 4.69) is 28.9 Å². The van der Waals surface area contributed by atoms with Gasteiger partial charge in [-0.05, 0) is 36.6 Å². The third-order valence-corrected chi connectivity index (χ3v) is 5.02. The first-order valence-corrected chi connectivity index (χ1v) is 9.39. The number of benzene rings is 2. The second kappa shape index (κ2) is 8.82. The summed E-state index contributed by atoms with van der Waals surface area (Å²) in [6, 6.07) is 16.2. The van der Waals surface area contributed by atoms with Crippen molar-refractivity contribution in [1.82, 2.24) is 9.55 Å². The topological polar surface area (TPSA) is 47.4 Å². The van der Waals surface area contributed by atoms with Crippen molar-refractivity contribution in [3.8, 4) is 0 Å². The lowest BCUT2D eigenvalue weighted by Crippen LogP contribution is -2.27. The molecule has 0 aliphatic rings. The summed E-state index contributed by atoms with van der Waals surface area (Å²) in [5, 5.41) is 0.658. The van der Waals surface area contributed by atoms with Crippen molar-refractivity contribution in [3.05, 3.63) is 70.8 Å². The van der Waals surface area contributed by atoms with Gasteiger partial charge in [-0.3, -0.25) is 9.36 Å². The van der Waals surface area contributed by atoms with Crippen LogP contribution < -0.4 is 10.5 Å². The molecule has 3 rings (SSSR count). The normalized spacial score (nSPS) is 12.3. The van der Waals surface area contributed by atoms with Gasteiger partial charge in [-0.15, -0.1) is 0 Å². The third-order valence-electron chi connectivity index (χ3n) is 5.02. The average Bonchev–Trinajstić information content (AvgIpc) is 2.71. The van der Waals surface area contributed by atoms with Gasteiger partial charge in [0.05, 0.1) is 23.8 Å². The molecule has 5 nitrogen and oxygen atoms in total. The fourth-order valence-electron chi connectivity index (χ4n) is 3.30. The summed E-state index contributed by atoms with van der Waals surface area (Å²) in [6.45, 7) is 3.52. The quantitative estimate of drug-likeness (QED) is 0.611. The molecule has 1 unspecified atom stereocenters. The zero-order chi connectivity index (χ0) is 19.2. The van der Waals surface area contributed by atoms with Crippen molar-refractivity contribution >= 4 is 16.6 Å². The van der Waals surface area contributed by atoms with Gasteiger partial charge in [-0.25, -0.2) is 4.98 Å². The molecule has 0 fully saturated rings. The lowest BCUT2D eigenvalue weighted by atomic mass is 10.0. The van der Waals surface area contributed by atoms with E-state index in [1.165, 1.54) is 5.56 Å². The number of methoxy groups -OCH3 is 1. The van der Waals surface area contributed by atoms with Gasteiger partial charge >= 0.3 is 0 Å². The molecule has 0 amide bonds. The van der Waals surface area contributed by atoms with Gasteiger partial charge in [-0.1, -0.05) is 37.3 Å². The van der Waals surface area contributed by atoms with Crippen molar-refractivity contribution < 1.29 is 4.74 Å². The monoisotopic (exact) mass is 365 g/mol. The minimum absolute atomic E-state index is 0.0183. The molecule has 0 aliphatic heterocycles. The molecule has 0 spiro atoms. The van der Waals surface area contributed by atoms with Crippen molar-refractivity contribution in [2.24, 2.45) is 0 Å². The van der Waals surface area contributed by atoms with E-state index < -0.39 is 0 Å². The van der Waals surface area contributed by atoms with E-state index in [0.29, 0.717) is 12.0 Å². The van der Waals surface area contributed by atoms with Crippen LogP contribution in [0.15, 0.2) is 59.7 Å². The number of hydrogen-bond acceptors (Lipinski definition) is 4. The maximum absolute atomic E-state index is 13.2. The Bertz CT molecular complexity index is 937. The summed E-state index contributed by atoms with van der Waals surface area (Å²) in [5.74, 6) is 0. The molecule has 0 saturated carbocycles. The van der Waals surface area contributed by atoms with Crippen LogP contribution in [0.25, 0.3) is 10.9 Å². The fraction of sp³-hybridized carbons (Fsp3) is 0.364. The van der Waals surface area contributed by atoms with E-state index in [-0.39, 0.29) is 11.6 Å². The van der Waals surface area contributed by atoms with Crippen molar-refractivity contribution in [3.63, 3.8) is 0 Å². The Morgan fingerprint density at radius 3 is 2.67 bits per heavy atom. The minimum Gasteiger partial charge on any atom is -0.383 e. The van der Waals surface area contributed by atoms with Gasteiger partial charge in [0.25, 0.3) is 5.56 Å². The summed E-state index contributed by atoms with van der Waals surface area (Å²) in [7, 11) is 3.69. The molecule has 0 N–H and O–H groups in total. The molecule has 3 aromatic rings. The van der Waals surface area contributed by atoms with Gasteiger partial charge in [-0.2, -0.15) is 0 Å². The van der Waals surface area contributed by atoms with Crippen LogP contribution in [0.2, 0.25) is 0 Å². The highest BCUT2D eigenvalue weighted by atomic mass is 16.5. The molecule has 0 saturated heterocycles. The number of likely N-dealkylation sites (N-methyl/N-ethyl adjacent to an activating group) is 1. The number of fused-ring (bicyclic) bond motifs is 1. The molecule has 0 radical (unpaired) electrons. The van der Waals surface area contributed by atoms with Crippen molar-refractivity contribution in [2.75, 3.05) is 32.2 Å². The average molecular weight is 365 g/mol. The molecule has 0 aliphatic carbocycles. The van der Waals surface area contributed by atoms with Gasteiger partial charge in [0.1, 0.15) is 0 Å². The number of ether oxygens (including phenoxy) is 1. The predicted molar refractivity (Wildman–Crippen MR) is 111 cm³/mol. The maximum Gasteiger partial charge on any atom is 0.261 e. The van der Waals surface area contributed by atoms with E-state index in [1.54, 1.807) is 18.0 Å². The van der Waals surface area contributed by atoms with Crippen LogP contribution in [0.5, 0.6) is 0 Å². The van der Waals surface area contributed by atoms with Crippen LogP contribution in [-0.2, 0) is 11.2 Å². The molecular formula is C22H27N3O2. The molecule has 2 aromatic carbocycles. The number of hydrogen-bond donors (Lipinski definition) is 0. The van der Waals surface area contributed by atoms with E-state index in [4.69, 9.17) is 4.74 Å². The van der Waals surface area contributed by atoms with Gasteiger partial charge < -0.3 is 9.64 Å². The third kappa shape index (κ3) is 4.37. The predicted octanol–water partition coefficient (Wildman–Crippen LogP) is 3.67. The first-order chi connectivity index (χ1) is 13.1. The van der Waals surface area contributed by atoms with Crippen LogP contribution >= 0.6 is 0 Å². The number of anilines is 1. The second-order valence-corrected chi connectivity index (χ2v) is 6.82. The minimum atomic E-state index is 0.0183. The Balaban J connectivity index is 1.96. The molecule has 27 heavy (non-hydrogen) atoms. The number of rotatable bonds is 8. The van der Waals surface area contributed by atoms with Gasteiger partial charge in [0.15, 0.2) is 0 Å². The summed E-state index contributed by atoms with van der Waals surface area (Å²) in [6.07, 6.45) is 3.38. The highest BCUT2D eigenvalue weighted by Gasteiger charge is 2.14. The zero-order valence-electron chi connectivity index (χ0n) is 16.3. The largest absolute Gasteiger partial charge is 0.383 e. The highest BCUT2D eigenvalue weighted by molar-refractivity contribution is 5.81. The van der Waals surface area contributed by atoms with E-state index in [0.717, 1.165) is 30.6 Å². The fourth-order valence-corrected chi connectivity index (χ4v) is 3.30. The van der Waals surface area contributed by atoms with Gasteiger partial charge in [0.2, 0.25) is 0 Å². The molecule has 5 heteroatoms. The molecule has 1 atom stereocenters. The van der Waals surface area contributed by atoms with Crippen LogP contribution in [0.3, 0.4) is 0 Å². The highest BCUT2D eigenvalue weighted by Crippen LogP contribution is 2.20. The van der Waals surface area contributed by atoms with Crippen LogP contribution in [-0.4, -0.2) is 36.9 Å². The molecule has 142 valence electrons. The summed E-state index contributed by atoms with van der Waals surface area (Å²) in [4.78, 5) is 19.8. The second-order valence-electron chi connectivity index (χ2n) is 6.82. The molecule has 0 bridgehead atoms. The maximum atomic E-state index is 13.2. The van der Waals surface area contributed by atoms with E-state index >= 15 is 0 Å². The summed E-state index contributed by atoms with van der Waals surface area (Å²) >= 11 is 0. The van der Waals surface area contributed by atoms with Crippen LogP contribution in [0.1, 0.15) is 24.9 Å². The molecule has 1 aromatic heterocycles. The molecular weight excluding hydrogens is 338 g/mol. The number of aromatic nitrogens is 2. The first kappa shape index (κ1) is 19.1. The Labute approximate surface area is 160 Å². The Morgan fingerprint density at radius 1 is 1.19 bits per heavy atom. The van der Waals surface area contributed by atoms with Gasteiger partial charge in [0, 0.05) is 32.4 Å². The summed E-state index contributed by atoms with van der Waals surface area (Å²) in [5.41, 5.74) is 2.97.